The molecule has 0 aromatic carbocycles. The van der Waals surface area contributed by atoms with Gasteiger partial charge >= 0.3 is 0 Å². The summed E-state index contributed by atoms with van der Waals surface area (Å²) in [5.41, 5.74) is 1.33. The van der Waals surface area contributed by atoms with Gasteiger partial charge in [-0.05, 0) is 30.4 Å². The van der Waals surface area contributed by atoms with Crippen molar-refractivity contribution < 1.29 is 4.79 Å². The van der Waals surface area contributed by atoms with Crippen LogP contribution < -0.4 is 10.6 Å². The number of hydrogen-bond acceptors (Lipinski definition) is 2. The molecule has 0 unspecified atom stereocenters. The Labute approximate surface area is 80.0 Å². The molecule has 1 amide bonds. The third kappa shape index (κ3) is 1.59. The molecule has 1 aromatic heterocycles. The van der Waals surface area contributed by atoms with Gasteiger partial charge < -0.3 is 10.3 Å². The second-order valence-electron chi connectivity index (χ2n) is 2.59. The molecule has 3 N–H and O–H groups in total. The summed E-state index contributed by atoms with van der Waals surface area (Å²) < 4.78 is 0. The number of hydrogen-bond donors (Lipinski definition) is 3. The molecule has 2 rings (SSSR count). The van der Waals surface area contributed by atoms with E-state index in [4.69, 9.17) is 12.2 Å². The van der Waals surface area contributed by atoms with Crippen LogP contribution in [0.15, 0.2) is 24.0 Å². The fraction of sp³-hybridized carbons (Fsp3) is 0. The summed E-state index contributed by atoms with van der Waals surface area (Å²) in [7, 11) is 0. The van der Waals surface area contributed by atoms with Crippen molar-refractivity contribution in [1.29, 1.82) is 0 Å². The van der Waals surface area contributed by atoms with Gasteiger partial charge in [0.1, 0.15) is 5.70 Å². The molecule has 4 nitrogen and oxygen atoms in total. The second-order valence-corrected chi connectivity index (χ2v) is 3.00. The lowest BCUT2D eigenvalue weighted by atomic mass is 10.3. The number of amides is 1. The van der Waals surface area contributed by atoms with E-state index < -0.39 is 0 Å². The summed E-state index contributed by atoms with van der Waals surface area (Å²) in [5.74, 6) is -0.195. The van der Waals surface area contributed by atoms with Crippen LogP contribution >= 0.6 is 12.2 Å². The molecule has 1 fully saturated rings. The predicted octanol–water partition coefficient (Wildman–Crippen LogP) is 0.360. The highest BCUT2D eigenvalue weighted by atomic mass is 32.1. The minimum Gasteiger partial charge on any atom is -0.362 e. The molecule has 2 heterocycles. The van der Waals surface area contributed by atoms with E-state index in [2.05, 4.69) is 15.6 Å². The first-order valence-electron chi connectivity index (χ1n) is 3.73. The van der Waals surface area contributed by atoms with Crippen LogP contribution in [-0.4, -0.2) is 16.0 Å². The number of nitrogens with one attached hydrogen (secondary N) is 3. The number of H-pyrrole nitrogens is 1. The molecule has 0 atom stereocenters. The zero-order valence-corrected chi connectivity index (χ0v) is 7.44. The van der Waals surface area contributed by atoms with Crippen LogP contribution in [0.25, 0.3) is 6.08 Å². The highest BCUT2D eigenvalue weighted by Gasteiger charge is 2.19. The van der Waals surface area contributed by atoms with Crippen molar-refractivity contribution in [3.63, 3.8) is 0 Å². The number of carbonyl (C=O) groups excluding carboxylic acids is 1. The smallest absolute Gasteiger partial charge is 0.273 e. The Kier molecular flexibility index (Phi) is 1.86. The highest BCUT2D eigenvalue weighted by Crippen LogP contribution is 2.05. The van der Waals surface area contributed by atoms with Gasteiger partial charge in [0.25, 0.3) is 5.91 Å². The predicted molar refractivity (Wildman–Crippen MR) is 52.6 cm³/mol. The molecule has 5 heteroatoms. The van der Waals surface area contributed by atoms with Gasteiger partial charge in [-0.1, -0.05) is 0 Å². The molecule has 0 radical (unpaired) electrons. The highest BCUT2D eigenvalue weighted by molar-refractivity contribution is 7.80. The van der Waals surface area contributed by atoms with Crippen molar-refractivity contribution in [2.75, 3.05) is 0 Å². The van der Waals surface area contributed by atoms with Gasteiger partial charge in [0, 0.05) is 11.9 Å². The van der Waals surface area contributed by atoms with E-state index in [1.54, 1.807) is 12.3 Å². The van der Waals surface area contributed by atoms with Crippen molar-refractivity contribution in [2.45, 2.75) is 0 Å². The van der Waals surface area contributed by atoms with Gasteiger partial charge in [0.15, 0.2) is 5.11 Å². The summed E-state index contributed by atoms with van der Waals surface area (Å²) >= 11 is 4.77. The summed E-state index contributed by atoms with van der Waals surface area (Å²) in [6.07, 6.45) is 3.49. The van der Waals surface area contributed by atoms with Crippen molar-refractivity contribution in [3.05, 3.63) is 29.7 Å². The number of aromatic nitrogens is 1. The summed E-state index contributed by atoms with van der Waals surface area (Å²) in [6, 6.07) is 3.72. The molecule has 66 valence electrons. The molecular formula is C8H7N3OS. The first-order valence-corrected chi connectivity index (χ1v) is 4.14. The lowest BCUT2D eigenvalue weighted by Crippen LogP contribution is -2.21. The van der Waals surface area contributed by atoms with Crippen LogP contribution in [0.2, 0.25) is 0 Å². The largest absolute Gasteiger partial charge is 0.362 e. The van der Waals surface area contributed by atoms with Crippen LogP contribution in [0.1, 0.15) is 5.69 Å². The van der Waals surface area contributed by atoms with Gasteiger partial charge in [-0.25, -0.2) is 0 Å². The standard InChI is InChI=1S/C8H7N3OS/c12-7-6(10-8(13)11-7)4-5-2-1-3-9-5/h1-4,9H,(H2,10,11,12,13)/b6-4-. The van der Waals surface area contributed by atoms with E-state index in [1.165, 1.54) is 0 Å². The third-order valence-corrected chi connectivity index (χ3v) is 1.85. The first-order chi connectivity index (χ1) is 6.25. The molecule has 0 bridgehead atoms. The maximum absolute atomic E-state index is 11.2. The van der Waals surface area contributed by atoms with Crippen LogP contribution in [0.3, 0.4) is 0 Å². The number of thiocarbonyl (C=S) groups is 1. The molecule has 13 heavy (non-hydrogen) atoms. The Morgan fingerprint density at radius 3 is 2.77 bits per heavy atom. The van der Waals surface area contributed by atoms with E-state index in [0.29, 0.717) is 10.8 Å². The lowest BCUT2D eigenvalue weighted by molar-refractivity contribution is -0.115. The number of carbonyl (C=O) groups is 1. The van der Waals surface area contributed by atoms with E-state index in [1.807, 2.05) is 12.1 Å². The molecule has 0 aliphatic carbocycles. The summed E-state index contributed by atoms with van der Waals surface area (Å²) in [4.78, 5) is 14.1. The number of aromatic amines is 1. The Hall–Kier alpha value is -1.62. The van der Waals surface area contributed by atoms with E-state index in [9.17, 15) is 4.79 Å². The van der Waals surface area contributed by atoms with Crippen LogP contribution in [0, 0.1) is 0 Å². The van der Waals surface area contributed by atoms with Gasteiger partial charge in [-0.15, -0.1) is 0 Å². The van der Waals surface area contributed by atoms with E-state index in [0.717, 1.165) is 5.69 Å². The van der Waals surface area contributed by atoms with Crippen LogP contribution in [0.4, 0.5) is 0 Å². The maximum atomic E-state index is 11.2. The van der Waals surface area contributed by atoms with Gasteiger partial charge in [-0.3, -0.25) is 10.1 Å². The monoisotopic (exact) mass is 193 g/mol. The normalized spacial score (nSPS) is 18.9. The second kappa shape index (κ2) is 3.02. The van der Waals surface area contributed by atoms with Crippen LogP contribution in [0.5, 0.6) is 0 Å². The van der Waals surface area contributed by atoms with Crippen molar-refractivity contribution >= 4 is 29.3 Å². The third-order valence-electron chi connectivity index (χ3n) is 1.64. The molecule has 1 aliphatic rings. The topological polar surface area (TPSA) is 56.9 Å². The summed E-state index contributed by atoms with van der Waals surface area (Å²) in [6.45, 7) is 0. The Bertz CT molecular complexity index is 380. The maximum Gasteiger partial charge on any atom is 0.273 e. The number of rotatable bonds is 1. The zero-order chi connectivity index (χ0) is 9.26. The van der Waals surface area contributed by atoms with Gasteiger partial charge in [-0.2, -0.15) is 0 Å². The fourth-order valence-corrected chi connectivity index (χ4v) is 1.27. The van der Waals surface area contributed by atoms with E-state index in [-0.39, 0.29) is 5.91 Å². The average molecular weight is 193 g/mol. The first kappa shape index (κ1) is 8.00. The van der Waals surface area contributed by atoms with Crippen molar-refractivity contribution in [2.24, 2.45) is 0 Å². The molecule has 1 aliphatic heterocycles. The minimum atomic E-state index is -0.195. The lowest BCUT2D eigenvalue weighted by Gasteiger charge is -1.91. The van der Waals surface area contributed by atoms with Gasteiger partial charge in [0.05, 0.1) is 0 Å². The van der Waals surface area contributed by atoms with Crippen molar-refractivity contribution in [3.8, 4) is 0 Å². The van der Waals surface area contributed by atoms with Gasteiger partial charge in [0.2, 0.25) is 0 Å². The zero-order valence-electron chi connectivity index (χ0n) is 6.63. The quantitative estimate of drug-likeness (QED) is 0.446. The Morgan fingerprint density at radius 2 is 2.23 bits per heavy atom. The molecule has 0 spiro atoms. The SMILES string of the molecule is O=C1NC(=S)N/C1=C\c1ccc[nH]1. The minimum absolute atomic E-state index is 0.195. The molecule has 0 saturated carbocycles. The molecule has 1 aromatic rings. The van der Waals surface area contributed by atoms with E-state index >= 15 is 0 Å². The molecule has 1 saturated heterocycles. The fourth-order valence-electron chi connectivity index (χ4n) is 1.07. The van der Waals surface area contributed by atoms with Crippen molar-refractivity contribution in [1.82, 2.24) is 15.6 Å². The molecular weight excluding hydrogens is 186 g/mol. The summed E-state index contributed by atoms with van der Waals surface area (Å²) in [5, 5.41) is 5.58. The van der Waals surface area contributed by atoms with Crippen LogP contribution in [-0.2, 0) is 4.79 Å². The Balaban J connectivity index is 2.27. The Morgan fingerprint density at radius 1 is 1.38 bits per heavy atom. The average Bonchev–Trinajstić information content (AvgIpc) is 2.63.